The van der Waals surface area contributed by atoms with Gasteiger partial charge in [0.15, 0.2) is 28.8 Å². The van der Waals surface area contributed by atoms with Crippen LogP contribution in [0.25, 0.3) is 0 Å². The average Bonchev–Trinajstić information content (AvgIpc) is 2.86. The van der Waals surface area contributed by atoms with Crippen LogP contribution in [-0.2, 0) is 17.6 Å². The van der Waals surface area contributed by atoms with Gasteiger partial charge in [-0.15, -0.1) is 0 Å². The maximum absolute atomic E-state index is 11.2. The van der Waals surface area contributed by atoms with E-state index in [0.717, 1.165) is 36.1 Å². The molecule has 8 heteroatoms. The van der Waals surface area contributed by atoms with E-state index in [1.54, 1.807) is 26.4 Å². The lowest BCUT2D eigenvalue weighted by Gasteiger charge is -2.53. The average molecular weight is 544 g/mol. The first-order valence-electron chi connectivity index (χ1n) is 11.7. The number of piperidine rings is 1. The van der Waals surface area contributed by atoms with Gasteiger partial charge in [0.05, 0.1) is 25.8 Å². The first kappa shape index (κ1) is 23.9. The van der Waals surface area contributed by atoms with E-state index in [1.165, 1.54) is 7.11 Å². The number of ether oxygens (including phenoxy) is 3. The molecule has 2 aromatic rings. The molecule has 0 saturated carbocycles. The van der Waals surface area contributed by atoms with Crippen molar-refractivity contribution in [1.82, 2.24) is 4.90 Å². The summed E-state index contributed by atoms with van der Waals surface area (Å²) in [6, 6.07) is 7.39. The van der Waals surface area contributed by atoms with Crippen molar-refractivity contribution in [3.05, 3.63) is 69.1 Å². The third-order valence-electron chi connectivity index (χ3n) is 7.69. The van der Waals surface area contributed by atoms with Crippen molar-refractivity contribution >= 4 is 15.9 Å². The molecule has 3 N–H and O–H groups in total. The van der Waals surface area contributed by atoms with Crippen LogP contribution in [0.1, 0.15) is 29.2 Å². The number of phenols is 2. The summed E-state index contributed by atoms with van der Waals surface area (Å²) in [4.78, 5) is 2.43. The van der Waals surface area contributed by atoms with Crippen molar-refractivity contribution in [2.24, 2.45) is 11.8 Å². The zero-order chi connectivity index (χ0) is 24.9. The van der Waals surface area contributed by atoms with Gasteiger partial charge in [-0.05, 0) is 82.1 Å². The fourth-order valence-electron chi connectivity index (χ4n) is 6.09. The second kappa shape index (κ2) is 9.32. The number of benzene rings is 2. The van der Waals surface area contributed by atoms with Crippen molar-refractivity contribution in [2.75, 3.05) is 27.9 Å². The molecule has 0 bridgehead atoms. The number of aliphatic hydroxyl groups excluding tert-OH is 1. The summed E-state index contributed by atoms with van der Waals surface area (Å²) < 4.78 is 16.7. The van der Waals surface area contributed by atoms with Gasteiger partial charge in [-0.1, -0.05) is 12.1 Å². The van der Waals surface area contributed by atoms with E-state index in [-0.39, 0.29) is 41.2 Å². The highest BCUT2D eigenvalue weighted by molar-refractivity contribution is 9.10. The lowest BCUT2D eigenvalue weighted by Crippen LogP contribution is -2.54. The van der Waals surface area contributed by atoms with E-state index < -0.39 is 0 Å². The molecule has 2 aliphatic heterocycles. The van der Waals surface area contributed by atoms with E-state index in [2.05, 4.69) is 26.9 Å². The van der Waals surface area contributed by atoms with Gasteiger partial charge in [-0.2, -0.15) is 0 Å². The van der Waals surface area contributed by atoms with Crippen molar-refractivity contribution in [3.63, 3.8) is 0 Å². The Morgan fingerprint density at radius 1 is 1.03 bits per heavy atom. The number of hydrogen-bond donors (Lipinski definition) is 3. The van der Waals surface area contributed by atoms with Gasteiger partial charge in [0.2, 0.25) is 0 Å². The summed E-state index contributed by atoms with van der Waals surface area (Å²) in [6.07, 6.45) is 6.20. The molecule has 0 radical (unpaired) electrons. The second-order valence-electron chi connectivity index (χ2n) is 9.33. The number of aromatic hydroxyl groups is 2. The lowest BCUT2D eigenvalue weighted by molar-refractivity contribution is 0.000861. The molecule has 0 aromatic heterocycles. The molecule has 3 aliphatic rings. The monoisotopic (exact) mass is 543 g/mol. The number of halogens is 1. The number of hydrogen-bond acceptors (Lipinski definition) is 7. The van der Waals surface area contributed by atoms with Gasteiger partial charge in [0, 0.05) is 24.5 Å². The van der Waals surface area contributed by atoms with Crippen LogP contribution in [0.3, 0.4) is 0 Å². The van der Waals surface area contributed by atoms with E-state index >= 15 is 0 Å². The predicted octanol–water partition coefficient (Wildman–Crippen LogP) is 5.01. The molecule has 0 amide bonds. The molecule has 1 aliphatic carbocycles. The van der Waals surface area contributed by atoms with Crippen LogP contribution in [0.2, 0.25) is 0 Å². The Hall–Kier alpha value is -2.84. The quantitative estimate of drug-likeness (QED) is 0.488. The number of aliphatic hydroxyl groups is 1. The van der Waals surface area contributed by atoms with Crippen molar-refractivity contribution in [2.45, 2.75) is 31.3 Å². The summed E-state index contributed by atoms with van der Waals surface area (Å²) in [7, 11) is 4.66. The third-order valence-corrected chi connectivity index (χ3v) is 8.49. The first-order valence-corrected chi connectivity index (χ1v) is 12.5. The molecular formula is C27H30BrNO6. The molecule has 2 aromatic carbocycles. The van der Waals surface area contributed by atoms with Crippen molar-refractivity contribution in [3.8, 4) is 23.0 Å². The minimum atomic E-state index is -0.150. The van der Waals surface area contributed by atoms with Gasteiger partial charge in [0.25, 0.3) is 0 Å². The fraction of sp³-hybridized carbons (Fsp3) is 0.407. The minimum Gasteiger partial charge on any atom is -0.508 e. The Labute approximate surface area is 213 Å². The Morgan fingerprint density at radius 3 is 2.49 bits per heavy atom. The number of nitrogens with zero attached hydrogens (tertiary/aromatic N) is 1. The molecule has 186 valence electrons. The molecule has 2 heterocycles. The molecule has 0 spiro atoms. The zero-order valence-electron chi connectivity index (χ0n) is 20.0. The van der Waals surface area contributed by atoms with Crippen LogP contribution in [0.5, 0.6) is 23.0 Å². The van der Waals surface area contributed by atoms with Gasteiger partial charge in [-0.25, -0.2) is 0 Å². The van der Waals surface area contributed by atoms with Gasteiger partial charge < -0.3 is 29.5 Å². The smallest absolute Gasteiger partial charge is 0.172 e. The molecule has 35 heavy (non-hydrogen) atoms. The molecule has 7 nitrogen and oxygen atoms in total. The molecule has 5 rings (SSSR count). The molecule has 2 unspecified atom stereocenters. The van der Waals surface area contributed by atoms with Gasteiger partial charge in [-0.3, -0.25) is 4.90 Å². The second-order valence-corrected chi connectivity index (χ2v) is 10.1. The lowest BCUT2D eigenvalue weighted by atomic mass is 9.69. The summed E-state index contributed by atoms with van der Waals surface area (Å²) in [5.74, 6) is 1.80. The van der Waals surface area contributed by atoms with Crippen molar-refractivity contribution < 1.29 is 29.5 Å². The summed E-state index contributed by atoms with van der Waals surface area (Å²) in [5.41, 5.74) is 3.19. The topological polar surface area (TPSA) is 91.6 Å². The highest BCUT2D eigenvalue weighted by Crippen LogP contribution is 2.53. The predicted molar refractivity (Wildman–Crippen MR) is 135 cm³/mol. The highest BCUT2D eigenvalue weighted by atomic mass is 79.9. The van der Waals surface area contributed by atoms with Crippen LogP contribution in [0.15, 0.2) is 52.4 Å². The largest absolute Gasteiger partial charge is 0.508 e. The van der Waals surface area contributed by atoms with Gasteiger partial charge >= 0.3 is 0 Å². The highest BCUT2D eigenvalue weighted by Gasteiger charge is 2.48. The summed E-state index contributed by atoms with van der Waals surface area (Å²) in [5, 5.41) is 32.4. The van der Waals surface area contributed by atoms with Crippen LogP contribution in [-0.4, -0.2) is 54.1 Å². The van der Waals surface area contributed by atoms with Crippen molar-refractivity contribution in [1.29, 1.82) is 0 Å². The van der Waals surface area contributed by atoms with E-state index in [9.17, 15) is 15.3 Å². The minimum absolute atomic E-state index is 0.0459. The number of rotatable bonds is 5. The summed E-state index contributed by atoms with van der Waals surface area (Å²) in [6.45, 7) is 0.799. The van der Waals surface area contributed by atoms with Crippen LogP contribution in [0, 0.1) is 11.8 Å². The first-order chi connectivity index (χ1) is 16.9. The third kappa shape index (κ3) is 3.93. The molecular weight excluding hydrogens is 514 g/mol. The maximum atomic E-state index is 11.2. The van der Waals surface area contributed by atoms with E-state index in [0.29, 0.717) is 28.2 Å². The molecule has 1 fully saturated rings. The Bertz CT molecular complexity index is 1210. The van der Waals surface area contributed by atoms with Gasteiger partial charge in [0.1, 0.15) is 5.76 Å². The standard InChI is InChI=1S/C27H30BrNO6/c1-33-20-6-4-14(11-19(20)30)10-17-24-15(5-7-21(34-2)26(24)31)12-18-23-16(8-9-29(17)18)13-22(35-3)27(32)25(23)28/h4-7,11,13,15,17-18,24,30-32H,8-10,12H2,1-3H3/t15?,17-,18+,24?/m0/s1. The Kier molecular flexibility index (Phi) is 6.36. The summed E-state index contributed by atoms with van der Waals surface area (Å²) >= 11 is 3.65. The van der Waals surface area contributed by atoms with Crippen LogP contribution >= 0.6 is 15.9 Å². The maximum Gasteiger partial charge on any atom is 0.172 e. The Morgan fingerprint density at radius 2 is 1.80 bits per heavy atom. The fourth-order valence-corrected chi connectivity index (χ4v) is 6.80. The molecule has 1 saturated heterocycles. The normalized spacial score (nSPS) is 25.5. The number of allylic oxidation sites excluding steroid dienone is 2. The van der Waals surface area contributed by atoms with E-state index in [1.807, 2.05) is 18.2 Å². The zero-order valence-corrected chi connectivity index (χ0v) is 21.6. The van der Waals surface area contributed by atoms with Crippen LogP contribution in [0.4, 0.5) is 0 Å². The number of fused-ring (bicyclic) bond motifs is 4. The SMILES string of the molecule is COC1=C(O)C2C(C=C1)C[C@@H]1c3c(cc(OC)c(O)c3Br)CCN1[C@H]2Cc1ccc(OC)c(O)c1. The molecule has 4 atom stereocenters. The Balaban J connectivity index is 1.59. The van der Waals surface area contributed by atoms with E-state index in [4.69, 9.17) is 14.2 Å². The number of phenolic OH excluding ortho intramolecular Hbond substituents is 2. The number of methoxy groups -OCH3 is 3. The van der Waals surface area contributed by atoms with Crippen LogP contribution < -0.4 is 9.47 Å².